The maximum absolute atomic E-state index is 14.0. The fourth-order valence-electron chi connectivity index (χ4n) is 5.31. The molecule has 34 heavy (non-hydrogen) atoms. The molecule has 2 saturated heterocycles. The second kappa shape index (κ2) is 8.16. The van der Waals surface area contributed by atoms with E-state index in [2.05, 4.69) is 37.4 Å². The molecule has 1 aliphatic carbocycles. The highest BCUT2D eigenvalue weighted by atomic mass is 16.2. The van der Waals surface area contributed by atoms with Crippen LogP contribution in [0.15, 0.2) is 55.0 Å². The molecule has 9 heteroatoms. The number of aryl methyl sites for hydroxylation is 1. The Labute approximate surface area is 197 Å². The van der Waals surface area contributed by atoms with Crippen molar-refractivity contribution in [3.8, 4) is 5.69 Å². The largest absolute Gasteiger partial charge is 0.352 e. The van der Waals surface area contributed by atoms with Gasteiger partial charge in [-0.3, -0.25) is 4.79 Å². The van der Waals surface area contributed by atoms with Crippen molar-refractivity contribution in [1.82, 2.24) is 34.8 Å². The Hall–Kier alpha value is -3.88. The molecule has 3 fully saturated rings. The maximum Gasteiger partial charge on any atom is 0.275 e. The van der Waals surface area contributed by atoms with Gasteiger partial charge in [-0.2, -0.15) is 10.2 Å². The van der Waals surface area contributed by atoms with E-state index in [4.69, 9.17) is 0 Å². The topological polar surface area (TPSA) is 102 Å². The molecule has 1 N–H and O–H groups in total. The molecule has 4 aromatic rings. The molecule has 2 aliphatic heterocycles. The summed E-state index contributed by atoms with van der Waals surface area (Å²) in [5, 5.41) is 12.9. The number of hydrogen-bond donors (Lipinski definition) is 1. The van der Waals surface area contributed by atoms with E-state index in [0.29, 0.717) is 35.7 Å². The minimum atomic E-state index is -0.0720. The van der Waals surface area contributed by atoms with Crippen LogP contribution in [-0.4, -0.2) is 59.4 Å². The lowest BCUT2D eigenvalue weighted by Crippen LogP contribution is -2.64. The highest BCUT2D eigenvalue weighted by molar-refractivity contribution is 5.96. The Morgan fingerprint density at radius 2 is 1.88 bits per heavy atom. The number of para-hydroxylation sites is 1. The molecular formula is C25H26N8O. The van der Waals surface area contributed by atoms with Crippen LogP contribution in [0.2, 0.25) is 0 Å². The second-order valence-electron chi connectivity index (χ2n) is 9.30. The van der Waals surface area contributed by atoms with E-state index in [0.717, 1.165) is 29.4 Å². The number of nitrogens with zero attached hydrogens (tertiary/aromatic N) is 7. The van der Waals surface area contributed by atoms with E-state index in [1.807, 2.05) is 54.4 Å². The highest BCUT2D eigenvalue weighted by Crippen LogP contribution is 2.47. The number of carbonyl (C=O) groups excluding carboxylic acids is 1. The third-order valence-electron chi connectivity index (χ3n) is 7.29. The third kappa shape index (κ3) is 3.48. The first-order valence-electron chi connectivity index (χ1n) is 11.7. The van der Waals surface area contributed by atoms with E-state index >= 15 is 0 Å². The van der Waals surface area contributed by atoms with Gasteiger partial charge >= 0.3 is 0 Å². The van der Waals surface area contributed by atoms with Crippen molar-refractivity contribution < 1.29 is 4.79 Å². The summed E-state index contributed by atoms with van der Waals surface area (Å²) in [6.45, 7) is 4.72. The number of rotatable bonds is 5. The number of pyridine rings is 1. The van der Waals surface area contributed by atoms with E-state index < -0.39 is 0 Å². The fraction of sp³-hybridized carbons (Fsp3) is 0.360. The second-order valence-corrected chi connectivity index (χ2v) is 9.30. The van der Waals surface area contributed by atoms with Gasteiger partial charge in [-0.25, -0.2) is 15.0 Å². The summed E-state index contributed by atoms with van der Waals surface area (Å²) in [5.74, 6) is 1.50. The van der Waals surface area contributed by atoms with Crippen LogP contribution in [0.5, 0.6) is 0 Å². The molecule has 3 aliphatic rings. The van der Waals surface area contributed by atoms with Crippen LogP contribution in [0.1, 0.15) is 35.9 Å². The van der Waals surface area contributed by atoms with Crippen molar-refractivity contribution in [2.24, 2.45) is 11.8 Å². The van der Waals surface area contributed by atoms with Gasteiger partial charge in [0.25, 0.3) is 5.91 Å². The van der Waals surface area contributed by atoms with Gasteiger partial charge in [0.2, 0.25) is 5.95 Å². The summed E-state index contributed by atoms with van der Waals surface area (Å²) in [4.78, 5) is 31.2. The predicted octanol–water partition coefficient (Wildman–Crippen LogP) is 3.27. The number of amides is 1. The number of benzene rings is 1. The van der Waals surface area contributed by atoms with Gasteiger partial charge in [-0.1, -0.05) is 25.1 Å². The summed E-state index contributed by atoms with van der Waals surface area (Å²) in [6, 6.07) is 11.9. The van der Waals surface area contributed by atoms with Gasteiger partial charge in [0.1, 0.15) is 5.69 Å². The Balaban J connectivity index is 1.30. The lowest BCUT2D eigenvalue weighted by Gasteiger charge is -2.57. The quantitative estimate of drug-likeness (QED) is 0.494. The molecule has 7 rings (SSSR count). The Morgan fingerprint density at radius 1 is 1.09 bits per heavy atom. The number of anilines is 1. The number of nitrogens with one attached hydrogen (secondary N) is 1. The summed E-state index contributed by atoms with van der Waals surface area (Å²) in [7, 11) is 0. The number of aromatic nitrogens is 6. The van der Waals surface area contributed by atoms with Crippen molar-refractivity contribution in [2.75, 3.05) is 11.9 Å². The van der Waals surface area contributed by atoms with Crippen molar-refractivity contribution in [3.63, 3.8) is 0 Å². The third-order valence-corrected chi connectivity index (χ3v) is 7.29. The zero-order chi connectivity index (χ0) is 23.2. The first-order chi connectivity index (χ1) is 16.6. The van der Waals surface area contributed by atoms with Crippen LogP contribution < -0.4 is 5.32 Å². The molecular weight excluding hydrogens is 428 g/mol. The monoisotopic (exact) mass is 454 g/mol. The molecule has 172 valence electrons. The van der Waals surface area contributed by atoms with Crippen molar-refractivity contribution in [3.05, 3.63) is 66.4 Å². The average Bonchev–Trinajstić information content (AvgIpc) is 3.36. The van der Waals surface area contributed by atoms with Crippen molar-refractivity contribution in [2.45, 2.75) is 38.8 Å². The average molecular weight is 455 g/mol. The zero-order valence-corrected chi connectivity index (χ0v) is 19.2. The number of hydrogen-bond acceptors (Lipinski definition) is 7. The van der Waals surface area contributed by atoms with Gasteiger partial charge in [0, 0.05) is 29.9 Å². The lowest BCUT2D eigenvalue weighted by atomic mass is 9.64. The van der Waals surface area contributed by atoms with Crippen LogP contribution >= 0.6 is 0 Å². The normalized spacial score (nSPS) is 23.5. The van der Waals surface area contributed by atoms with Crippen LogP contribution in [0.4, 0.5) is 5.95 Å². The maximum atomic E-state index is 14.0. The molecule has 3 aromatic heterocycles. The van der Waals surface area contributed by atoms with E-state index in [1.165, 1.54) is 4.80 Å². The highest BCUT2D eigenvalue weighted by Gasteiger charge is 2.51. The predicted molar refractivity (Wildman–Crippen MR) is 128 cm³/mol. The lowest BCUT2D eigenvalue weighted by molar-refractivity contribution is -0.0505. The first-order valence-corrected chi connectivity index (χ1v) is 11.7. The minimum Gasteiger partial charge on any atom is -0.352 e. The van der Waals surface area contributed by atoms with E-state index in [-0.39, 0.29) is 18.0 Å². The van der Waals surface area contributed by atoms with Gasteiger partial charge in [0.15, 0.2) is 5.69 Å². The summed E-state index contributed by atoms with van der Waals surface area (Å²) >= 11 is 0. The summed E-state index contributed by atoms with van der Waals surface area (Å²) in [5.41, 5.74) is 2.67. The first kappa shape index (κ1) is 20.7. The smallest absolute Gasteiger partial charge is 0.275 e. The van der Waals surface area contributed by atoms with Crippen LogP contribution in [0.3, 0.4) is 0 Å². The molecule has 0 unspecified atom stereocenters. The SMILES string of the molecule is Cc1ccc(-n2nccn2)c(C(=O)N2C3CC(C3)[C@@H](C)[C@H]2CNc2ncc3ccccc3n2)n1. The molecule has 5 heterocycles. The molecule has 2 bridgehead atoms. The summed E-state index contributed by atoms with van der Waals surface area (Å²) < 4.78 is 0. The molecule has 2 atom stereocenters. The van der Waals surface area contributed by atoms with E-state index in [9.17, 15) is 4.79 Å². The molecule has 0 radical (unpaired) electrons. The molecule has 0 spiro atoms. The Bertz CT molecular complexity index is 1350. The van der Waals surface area contributed by atoms with Crippen LogP contribution in [0.25, 0.3) is 16.6 Å². The number of carbonyl (C=O) groups is 1. The molecule has 1 aromatic carbocycles. The van der Waals surface area contributed by atoms with Gasteiger partial charge in [-0.15, -0.1) is 4.80 Å². The van der Waals surface area contributed by atoms with Crippen LogP contribution in [-0.2, 0) is 0 Å². The molecule has 9 nitrogen and oxygen atoms in total. The fourth-order valence-corrected chi connectivity index (χ4v) is 5.31. The van der Waals surface area contributed by atoms with E-state index in [1.54, 1.807) is 12.4 Å². The van der Waals surface area contributed by atoms with Crippen molar-refractivity contribution in [1.29, 1.82) is 0 Å². The number of piperidine rings is 2. The number of fused-ring (bicyclic) bond motifs is 3. The zero-order valence-electron chi connectivity index (χ0n) is 19.2. The van der Waals surface area contributed by atoms with Gasteiger partial charge < -0.3 is 10.2 Å². The van der Waals surface area contributed by atoms with Gasteiger partial charge in [0.05, 0.1) is 24.0 Å². The molecule has 1 saturated carbocycles. The van der Waals surface area contributed by atoms with Crippen LogP contribution in [0, 0.1) is 18.8 Å². The van der Waals surface area contributed by atoms with Crippen molar-refractivity contribution >= 4 is 22.8 Å². The summed E-state index contributed by atoms with van der Waals surface area (Å²) in [6.07, 6.45) is 7.11. The minimum absolute atomic E-state index is 0.0146. The van der Waals surface area contributed by atoms with Gasteiger partial charge in [-0.05, 0) is 49.8 Å². The Morgan fingerprint density at radius 3 is 2.71 bits per heavy atom. The molecule has 1 amide bonds. The Kier molecular flexibility index (Phi) is 4.97. The standard InChI is InChI=1S/C25H26N8O/c1-15-7-8-21(33-28-9-10-29-33)23(30-15)24(34)32-19-11-18(12-19)16(2)22(32)14-27-25-26-13-17-5-3-4-6-20(17)31-25/h3-10,13,16,18-19,22H,11-12,14H2,1-2H3,(H,26,27,31)/t16-,18?,19?,22-/m1/s1.